The van der Waals surface area contributed by atoms with E-state index < -0.39 is 18.5 Å². The lowest BCUT2D eigenvalue weighted by molar-refractivity contribution is -0.150. The number of nitrogens with one attached hydrogen (secondary N) is 1. The standard InChI is InChI=1S/C16H20F3N3O2/c1-12(23)22-7-5-21(6-8-22)11-13-3-2-4-14(9-13)20-15(24)10-16(17,18)19/h2-4,9H,5-8,10-11H2,1H3,(H,20,24). The largest absolute Gasteiger partial charge is 0.397 e. The van der Waals surface area contributed by atoms with Gasteiger partial charge in [0.25, 0.3) is 0 Å². The predicted octanol–water partition coefficient (Wildman–Crippen LogP) is 2.24. The molecule has 1 fully saturated rings. The molecule has 8 heteroatoms. The van der Waals surface area contributed by atoms with E-state index in [0.717, 1.165) is 18.7 Å². The molecule has 2 rings (SSSR count). The number of alkyl halides is 3. The van der Waals surface area contributed by atoms with Crippen molar-refractivity contribution in [3.05, 3.63) is 29.8 Å². The van der Waals surface area contributed by atoms with Crippen molar-refractivity contribution < 1.29 is 22.8 Å². The molecule has 1 N–H and O–H groups in total. The molecule has 0 saturated carbocycles. The second kappa shape index (κ2) is 7.65. The van der Waals surface area contributed by atoms with Gasteiger partial charge in [0.1, 0.15) is 6.42 Å². The second-order valence-electron chi connectivity index (χ2n) is 5.82. The van der Waals surface area contributed by atoms with Gasteiger partial charge in [-0.2, -0.15) is 13.2 Å². The third-order valence-corrected chi connectivity index (χ3v) is 3.80. The van der Waals surface area contributed by atoms with Crippen LogP contribution in [0.15, 0.2) is 24.3 Å². The van der Waals surface area contributed by atoms with Crippen LogP contribution in [0.1, 0.15) is 18.9 Å². The Morgan fingerprint density at radius 2 is 1.83 bits per heavy atom. The van der Waals surface area contributed by atoms with E-state index in [4.69, 9.17) is 0 Å². The average Bonchev–Trinajstić information content (AvgIpc) is 2.46. The van der Waals surface area contributed by atoms with Crippen LogP contribution >= 0.6 is 0 Å². The molecule has 1 saturated heterocycles. The van der Waals surface area contributed by atoms with Crippen LogP contribution in [0.4, 0.5) is 18.9 Å². The lowest BCUT2D eigenvalue weighted by atomic mass is 10.1. The van der Waals surface area contributed by atoms with Crippen molar-refractivity contribution in [2.45, 2.75) is 26.1 Å². The van der Waals surface area contributed by atoms with Gasteiger partial charge in [0.05, 0.1) is 0 Å². The van der Waals surface area contributed by atoms with E-state index in [1.807, 2.05) is 6.07 Å². The van der Waals surface area contributed by atoms with Crippen molar-refractivity contribution in [2.24, 2.45) is 0 Å². The van der Waals surface area contributed by atoms with Gasteiger partial charge >= 0.3 is 6.18 Å². The number of hydrogen-bond donors (Lipinski definition) is 1. The number of nitrogens with zero attached hydrogens (tertiary/aromatic N) is 2. The molecule has 0 bridgehead atoms. The Balaban J connectivity index is 1.89. The van der Waals surface area contributed by atoms with Crippen LogP contribution in [-0.2, 0) is 16.1 Å². The molecule has 0 aromatic heterocycles. The lowest BCUT2D eigenvalue weighted by Crippen LogP contribution is -2.47. The van der Waals surface area contributed by atoms with Gasteiger partial charge in [-0.05, 0) is 17.7 Å². The van der Waals surface area contributed by atoms with Crippen LogP contribution in [0.2, 0.25) is 0 Å². The first-order valence-electron chi connectivity index (χ1n) is 7.66. The van der Waals surface area contributed by atoms with Crippen molar-refractivity contribution in [3.63, 3.8) is 0 Å². The third kappa shape index (κ3) is 5.84. The molecule has 1 aromatic rings. The highest BCUT2D eigenvalue weighted by Crippen LogP contribution is 2.21. The minimum absolute atomic E-state index is 0.0593. The smallest absolute Gasteiger partial charge is 0.340 e. The van der Waals surface area contributed by atoms with Crippen LogP contribution in [0.25, 0.3) is 0 Å². The van der Waals surface area contributed by atoms with Gasteiger partial charge in [-0.3, -0.25) is 14.5 Å². The number of carbonyl (C=O) groups excluding carboxylic acids is 2. The highest BCUT2D eigenvalue weighted by molar-refractivity contribution is 5.91. The molecule has 1 aliphatic rings. The predicted molar refractivity (Wildman–Crippen MR) is 83.3 cm³/mol. The maximum absolute atomic E-state index is 12.2. The van der Waals surface area contributed by atoms with Crippen molar-refractivity contribution in [1.29, 1.82) is 0 Å². The zero-order valence-corrected chi connectivity index (χ0v) is 13.4. The lowest BCUT2D eigenvalue weighted by Gasteiger charge is -2.34. The van der Waals surface area contributed by atoms with Crippen molar-refractivity contribution in [1.82, 2.24) is 9.80 Å². The van der Waals surface area contributed by atoms with Crippen molar-refractivity contribution >= 4 is 17.5 Å². The zero-order valence-electron chi connectivity index (χ0n) is 13.4. The van der Waals surface area contributed by atoms with Crippen LogP contribution < -0.4 is 5.32 Å². The fourth-order valence-electron chi connectivity index (χ4n) is 2.61. The van der Waals surface area contributed by atoms with Gasteiger partial charge in [-0.1, -0.05) is 12.1 Å². The zero-order chi connectivity index (χ0) is 17.7. The molecule has 0 spiro atoms. The maximum atomic E-state index is 12.2. The van der Waals surface area contributed by atoms with Gasteiger partial charge in [-0.15, -0.1) is 0 Å². The second-order valence-corrected chi connectivity index (χ2v) is 5.82. The Kier molecular flexibility index (Phi) is 5.82. The van der Waals surface area contributed by atoms with E-state index in [-0.39, 0.29) is 5.91 Å². The van der Waals surface area contributed by atoms with E-state index in [1.165, 1.54) is 0 Å². The van der Waals surface area contributed by atoms with E-state index in [1.54, 1.807) is 30.0 Å². The summed E-state index contributed by atoms with van der Waals surface area (Å²) in [5.74, 6) is -1.02. The summed E-state index contributed by atoms with van der Waals surface area (Å²) >= 11 is 0. The first-order chi connectivity index (χ1) is 11.2. The van der Waals surface area contributed by atoms with Gasteiger partial charge in [0.15, 0.2) is 0 Å². The van der Waals surface area contributed by atoms with E-state index in [0.29, 0.717) is 25.3 Å². The van der Waals surface area contributed by atoms with Gasteiger partial charge in [0, 0.05) is 45.3 Å². The van der Waals surface area contributed by atoms with E-state index >= 15 is 0 Å². The molecular weight excluding hydrogens is 323 g/mol. The monoisotopic (exact) mass is 343 g/mol. The van der Waals surface area contributed by atoms with Crippen molar-refractivity contribution in [3.8, 4) is 0 Å². The number of rotatable bonds is 4. The van der Waals surface area contributed by atoms with Crippen LogP contribution in [0.3, 0.4) is 0 Å². The summed E-state index contributed by atoms with van der Waals surface area (Å²) < 4.78 is 36.6. The number of piperazine rings is 1. The van der Waals surface area contributed by atoms with Crippen LogP contribution in [0.5, 0.6) is 0 Å². The quantitative estimate of drug-likeness (QED) is 0.912. The summed E-state index contributed by atoms with van der Waals surface area (Å²) in [7, 11) is 0. The summed E-state index contributed by atoms with van der Waals surface area (Å²) in [6.07, 6.45) is -6.01. The first-order valence-corrected chi connectivity index (χ1v) is 7.66. The molecule has 2 amide bonds. The minimum atomic E-state index is -4.52. The number of hydrogen-bond acceptors (Lipinski definition) is 3. The fourth-order valence-corrected chi connectivity index (χ4v) is 2.61. The van der Waals surface area contributed by atoms with E-state index in [2.05, 4.69) is 10.2 Å². The Morgan fingerprint density at radius 1 is 1.17 bits per heavy atom. The summed E-state index contributed by atoms with van der Waals surface area (Å²) in [6, 6.07) is 6.79. The molecule has 132 valence electrons. The average molecular weight is 343 g/mol. The summed E-state index contributed by atoms with van der Waals surface area (Å²) in [4.78, 5) is 26.6. The van der Waals surface area contributed by atoms with Gasteiger partial charge in [0.2, 0.25) is 11.8 Å². The molecule has 1 aliphatic heterocycles. The van der Waals surface area contributed by atoms with Crippen molar-refractivity contribution in [2.75, 3.05) is 31.5 Å². The topological polar surface area (TPSA) is 52.7 Å². The van der Waals surface area contributed by atoms with Crippen LogP contribution in [0, 0.1) is 0 Å². The Morgan fingerprint density at radius 3 is 2.42 bits per heavy atom. The molecule has 24 heavy (non-hydrogen) atoms. The number of amides is 2. The number of benzene rings is 1. The maximum Gasteiger partial charge on any atom is 0.397 e. The Hall–Kier alpha value is -2.09. The number of anilines is 1. The molecule has 5 nitrogen and oxygen atoms in total. The van der Waals surface area contributed by atoms with E-state index in [9.17, 15) is 22.8 Å². The molecular formula is C16H20F3N3O2. The number of halogens is 3. The summed E-state index contributed by atoms with van der Waals surface area (Å²) in [5.41, 5.74) is 1.25. The fraction of sp³-hybridized carbons (Fsp3) is 0.500. The minimum Gasteiger partial charge on any atom is -0.340 e. The van der Waals surface area contributed by atoms with Gasteiger partial charge < -0.3 is 10.2 Å². The van der Waals surface area contributed by atoms with Crippen LogP contribution in [-0.4, -0.2) is 54.0 Å². The van der Waals surface area contributed by atoms with Gasteiger partial charge in [-0.25, -0.2) is 0 Å². The normalized spacial score (nSPS) is 16.1. The first kappa shape index (κ1) is 18.3. The number of carbonyl (C=O) groups is 2. The summed E-state index contributed by atoms with van der Waals surface area (Å²) in [5, 5.41) is 2.27. The highest BCUT2D eigenvalue weighted by Gasteiger charge is 2.31. The third-order valence-electron chi connectivity index (χ3n) is 3.80. The molecule has 0 unspecified atom stereocenters. The molecule has 1 heterocycles. The molecule has 1 aromatic carbocycles. The molecule has 0 aliphatic carbocycles. The Labute approximate surface area is 138 Å². The molecule has 0 radical (unpaired) electrons. The highest BCUT2D eigenvalue weighted by atomic mass is 19.4. The SMILES string of the molecule is CC(=O)N1CCN(Cc2cccc(NC(=O)CC(F)(F)F)c2)CC1. The molecule has 0 atom stereocenters. The Bertz CT molecular complexity index is 596. The summed E-state index contributed by atoms with van der Waals surface area (Å²) in [6.45, 7) is 4.97.